The smallest absolute Gasteiger partial charge is 0.397 e. The molecule has 4 aliphatic rings. The summed E-state index contributed by atoms with van der Waals surface area (Å²) in [5.74, 6) is -6.66. The number of nitrogens with zero attached hydrogens (tertiary/aromatic N) is 2. The van der Waals surface area contributed by atoms with E-state index >= 15 is 0 Å². The zero-order chi connectivity index (χ0) is 57.6. The fourth-order valence-electron chi connectivity index (χ4n) is 7.58. The van der Waals surface area contributed by atoms with Gasteiger partial charge in [-0.2, -0.15) is 25.3 Å². The van der Waals surface area contributed by atoms with Gasteiger partial charge in [-0.05, 0) is 0 Å². The number of carboxylic acids is 2. The maximum Gasteiger partial charge on any atom is 0.397 e. The van der Waals surface area contributed by atoms with Crippen molar-refractivity contribution in [3.8, 4) is 0 Å². The minimum absolute atomic E-state index is 0.0281. The predicted molar refractivity (Wildman–Crippen MR) is 235 cm³/mol. The molecule has 4 saturated heterocycles. The Bertz CT molecular complexity index is 2300. The Hall–Kier alpha value is -3.37. The molecular formula is C34H55N3O36S4. The minimum atomic E-state index is -5.59. The number of aliphatic carboxylic acids is 2. The maximum atomic E-state index is 12.4. The molecule has 39 nitrogen and oxygen atoms in total. The van der Waals surface area contributed by atoms with Crippen LogP contribution in [0.2, 0.25) is 0 Å². The molecule has 77 heavy (non-hydrogen) atoms. The molecule has 0 aromatic rings. The molecule has 446 valence electrons. The number of aliphatic hydroxyl groups excluding tert-OH is 5. The number of amides is 1. The number of ether oxygens (including phenoxy) is 8. The number of nitrogens with one attached hydrogen (secondary N) is 1. The molecule has 10 unspecified atom stereocenters. The van der Waals surface area contributed by atoms with Crippen molar-refractivity contribution in [1.29, 1.82) is 0 Å². The minimum Gasteiger partial charge on any atom is -0.479 e. The highest BCUT2D eigenvalue weighted by molar-refractivity contribution is 7.89. The van der Waals surface area contributed by atoms with Crippen molar-refractivity contribution < 1.29 is 168 Å². The monoisotopic (exact) mass is 1210 g/mol. The lowest BCUT2D eigenvalue weighted by atomic mass is 9.89. The summed E-state index contributed by atoms with van der Waals surface area (Å²) >= 11 is 0.0281. The third-order valence-corrected chi connectivity index (χ3v) is 12.7. The van der Waals surface area contributed by atoms with Gasteiger partial charge in [0.1, 0.15) is 61.0 Å². The number of aliphatic hydroxyl groups is 5. The highest BCUT2D eigenvalue weighted by atomic mass is 32.3. The Morgan fingerprint density at radius 2 is 1.10 bits per heavy atom. The van der Waals surface area contributed by atoms with Gasteiger partial charge in [-0.3, -0.25) is 22.6 Å². The zero-order valence-corrected chi connectivity index (χ0v) is 42.9. The molecular weight excluding hydrogens is 1150 g/mol. The normalized spacial score (nSPS) is 36.4. The number of hydrogen-bond acceptors (Lipinski definition) is 34. The van der Waals surface area contributed by atoms with E-state index in [0.717, 1.165) is 19.4 Å². The lowest BCUT2D eigenvalue weighted by molar-refractivity contribution is -0.434. The summed E-state index contributed by atoms with van der Waals surface area (Å²) in [6, 6.07) is -1.85. The average molecular weight is 1210 g/mol. The van der Waals surface area contributed by atoms with Crippen LogP contribution < -0.4 is 5.32 Å². The van der Waals surface area contributed by atoms with Crippen molar-refractivity contribution in [1.82, 2.24) is 5.32 Å². The number of oxime groups is 2. The molecule has 4 heterocycles. The molecule has 0 bridgehead atoms. The molecule has 0 aliphatic carbocycles. The van der Waals surface area contributed by atoms with E-state index in [9.17, 15) is 89.0 Å². The second-order valence-electron chi connectivity index (χ2n) is 16.3. The van der Waals surface area contributed by atoms with E-state index in [1.165, 1.54) is 13.8 Å². The van der Waals surface area contributed by atoms with E-state index in [1.54, 1.807) is 0 Å². The summed E-state index contributed by atoms with van der Waals surface area (Å²) in [7, 11) is -16.2. The SMILES string of the molecule is CC(=O)NC1[C@H](OC/C=N/OCCO/N=C/CO[C@H]2OC(COSOOO)[C@@H](OS(=O)(=O)O)C(O[C@H]3OC(C(=O)O)[C@H](C)C(O)C3O)C2C)OC(COS(=O)(=O)O)[C@H](OS(=O)(=O)O)[C@@H]1O[C@@H]1OC(C(=O)O)[C@@H](O)[C@H](O)C1O. The quantitative estimate of drug-likeness (QED) is 0.00795. The molecule has 12 N–H and O–H groups in total. The lowest BCUT2D eigenvalue weighted by Gasteiger charge is -2.47. The van der Waals surface area contributed by atoms with E-state index in [1.807, 2.05) is 0 Å². The van der Waals surface area contributed by atoms with Crippen LogP contribution in [0.5, 0.6) is 0 Å². The van der Waals surface area contributed by atoms with Crippen molar-refractivity contribution >= 4 is 73.8 Å². The maximum absolute atomic E-state index is 12.4. The number of carboxylic acid groups (broad SMARTS) is 2. The van der Waals surface area contributed by atoms with Gasteiger partial charge in [-0.25, -0.2) is 27.4 Å². The topological polar surface area (TPSA) is 561 Å². The number of carbonyl (C=O) groups is 3. The van der Waals surface area contributed by atoms with E-state index in [2.05, 4.69) is 33.4 Å². The molecule has 4 rings (SSSR count). The summed E-state index contributed by atoms with van der Waals surface area (Å²) < 4.78 is 167. The van der Waals surface area contributed by atoms with Crippen LogP contribution in [-0.2, 0) is 119 Å². The Kier molecular flexibility index (Phi) is 25.7. The van der Waals surface area contributed by atoms with Crippen molar-refractivity contribution in [2.75, 3.05) is 39.6 Å². The van der Waals surface area contributed by atoms with Gasteiger partial charge in [-0.1, -0.05) is 29.2 Å². The van der Waals surface area contributed by atoms with Gasteiger partial charge in [0, 0.05) is 18.8 Å². The molecule has 20 atom stereocenters. The molecule has 4 fully saturated rings. The summed E-state index contributed by atoms with van der Waals surface area (Å²) in [4.78, 5) is 46.1. The highest BCUT2D eigenvalue weighted by Gasteiger charge is 2.56. The first-order valence-electron chi connectivity index (χ1n) is 21.7. The number of hydrogen-bond donors (Lipinski definition) is 12. The second-order valence-corrected chi connectivity index (χ2v) is 20.0. The van der Waals surface area contributed by atoms with Crippen LogP contribution in [0.25, 0.3) is 0 Å². The highest BCUT2D eigenvalue weighted by Crippen LogP contribution is 2.37. The van der Waals surface area contributed by atoms with Crippen molar-refractivity contribution in [2.24, 2.45) is 22.1 Å². The Morgan fingerprint density at radius 3 is 1.62 bits per heavy atom. The Balaban J connectivity index is 1.39. The summed E-state index contributed by atoms with van der Waals surface area (Å²) in [6.07, 6.45) is -31.8. The van der Waals surface area contributed by atoms with Crippen molar-refractivity contribution in [2.45, 2.75) is 131 Å². The van der Waals surface area contributed by atoms with Crippen LogP contribution in [0.4, 0.5) is 0 Å². The molecule has 1 amide bonds. The number of rotatable bonds is 30. The average Bonchev–Trinajstić information content (AvgIpc) is 3.32. The standard InChI is InChI=1S/C34H55N3O36S4/c1-12-18(39)21(42)33(67-24(12)29(44)45)66-23-13(2)31(64-15(10-62-74-73-72-48)25(23)70-76(52,53)54)58-6-4-35-60-8-9-61-36-5-7-59-32-17(37-14(3)38)27(68-34-22(43)19(40)20(41)28(69-34)30(46)47)26(71-77(55,56)57)16(65-32)11-63-75(49,50)51/h4-5,12-13,15-28,31-34,39-43,48H,6-11H2,1-3H3,(H,37,38)(H,44,45)(H,46,47)(H,49,50,51)(H,52,53,54)(H,55,56,57)/b35-4+,36-5+/t12-,13?,15?,16?,17?,18?,19+,20+,21?,22?,23?,24?,25-,26+,27-,28?,31+,32-,33+,34-/m1/s1. The largest absolute Gasteiger partial charge is 0.479 e. The van der Waals surface area contributed by atoms with Crippen molar-refractivity contribution in [3.05, 3.63) is 0 Å². The fourth-order valence-corrected chi connectivity index (χ4v) is 9.17. The zero-order valence-electron chi connectivity index (χ0n) is 39.6. The van der Waals surface area contributed by atoms with E-state index < -0.39 is 198 Å². The third-order valence-electron chi connectivity index (χ3n) is 10.9. The van der Waals surface area contributed by atoms with Crippen LogP contribution in [-0.4, -0.2) is 260 Å². The van der Waals surface area contributed by atoms with Crippen LogP contribution in [0.1, 0.15) is 20.8 Å². The molecule has 0 saturated carbocycles. The molecule has 0 aromatic heterocycles. The first-order valence-corrected chi connectivity index (χ1v) is 26.5. The molecule has 0 spiro atoms. The van der Waals surface area contributed by atoms with Crippen LogP contribution >= 0.6 is 12.3 Å². The van der Waals surface area contributed by atoms with Gasteiger partial charge in [0.05, 0.1) is 51.1 Å². The lowest BCUT2D eigenvalue weighted by Crippen LogP contribution is -2.69. The second kappa shape index (κ2) is 29.9. The van der Waals surface area contributed by atoms with E-state index in [0.29, 0.717) is 0 Å². The summed E-state index contributed by atoms with van der Waals surface area (Å²) in [6.45, 7) is -0.232. The first kappa shape index (κ1) is 66.1. The van der Waals surface area contributed by atoms with Crippen LogP contribution in [0, 0.1) is 11.8 Å². The first-order chi connectivity index (χ1) is 35.9. The van der Waals surface area contributed by atoms with Crippen LogP contribution in [0.15, 0.2) is 10.3 Å². The third kappa shape index (κ3) is 20.3. The molecule has 4 aliphatic heterocycles. The van der Waals surface area contributed by atoms with Gasteiger partial charge >= 0.3 is 43.1 Å². The van der Waals surface area contributed by atoms with E-state index in [4.69, 9.17) is 61.2 Å². The number of carbonyl (C=O) groups excluding carboxylic acids is 1. The van der Waals surface area contributed by atoms with Crippen LogP contribution in [0.3, 0.4) is 0 Å². The fraction of sp³-hybridized carbons (Fsp3) is 0.853. The van der Waals surface area contributed by atoms with E-state index in [-0.39, 0.29) is 25.5 Å². The van der Waals surface area contributed by atoms with Gasteiger partial charge < -0.3 is 88.6 Å². The van der Waals surface area contributed by atoms with Gasteiger partial charge in [-0.15, -0.1) is 4.33 Å². The Morgan fingerprint density at radius 1 is 0.610 bits per heavy atom. The molecule has 43 heteroatoms. The molecule has 0 aromatic carbocycles. The Labute approximate surface area is 439 Å². The predicted octanol–water partition coefficient (Wildman–Crippen LogP) is -6.36. The van der Waals surface area contributed by atoms with Gasteiger partial charge in [0.2, 0.25) is 5.91 Å². The van der Waals surface area contributed by atoms with Gasteiger partial charge in [0.15, 0.2) is 62.9 Å². The van der Waals surface area contributed by atoms with Crippen molar-refractivity contribution in [3.63, 3.8) is 0 Å². The van der Waals surface area contributed by atoms with Gasteiger partial charge in [0.25, 0.3) is 0 Å². The summed E-state index contributed by atoms with van der Waals surface area (Å²) in [5, 5.41) is 92.8. The molecule has 0 radical (unpaired) electrons. The summed E-state index contributed by atoms with van der Waals surface area (Å²) in [5.41, 5.74) is 0.